The third-order valence-electron chi connectivity index (χ3n) is 1.94. The number of hydrogen-bond acceptors (Lipinski definition) is 5. The molecule has 0 saturated heterocycles. The van der Waals surface area contributed by atoms with E-state index in [2.05, 4.69) is 14.9 Å². The molecule has 0 spiro atoms. The summed E-state index contributed by atoms with van der Waals surface area (Å²) in [5, 5.41) is 16.8. The average Bonchev–Trinajstić information content (AvgIpc) is 2.85. The Balaban J connectivity index is 2.25. The van der Waals surface area contributed by atoms with Crippen LogP contribution in [0, 0.1) is 11.3 Å². The fraction of sp³-hybridized carbons (Fsp3) is 0. The van der Waals surface area contributed by atoms with E-state index >= 15 is 0 Å². The molecule has 1 aromatic carbocycles. The zero-order valence-electron chi connectivity index (χ0n) is 8.35. The number of amides is 1. The van der Waals surface area contributed by atoms with Crippen LogP contribution in [0.1, 0.15) is 16.1 Å². The molecule has 0 aliphatic heterocycles. The highest BCUT2D eigenvalue weighted by molar-refractivity contribution is 7.03. The molecule has 5 nitrogen and oxygen atoms in total. The highest BCUT2D eigenvalue weighted by Gasteiger charge is 2.11. The largest absolute Gasteiger partial charge is 0.319 e. The molecule has 7 heteroatoms. The van der Waals surface area contributed by atoms with E-state index in [1.807, 2.05) is 6.07 Å². The van der Waals surface area contributed by atoms with Gasteiger partial charge in [-0.3, -0.25) is 4.79 Å². The third kappa shape index (κ3) is 2.58. The minimum Gasteiger partial charge on any atom is -0.319 e. The molecule has 1 heterocycles. The summed E-state index contributed by atoms with van der Waals surface area (Å²) in [7, 11) is 0. The molecule has 0 bridgehead atoms. The summed E-state index contributed by atoms with van der Waals surface area (Å²) in [6.07, 6.45) is 0. The van der Waals surface area contributed by atoms with Crippen molar-refractivity contribution < 1.29 is 4.79 Å². The molecule has 1 amide bonds. The van der Waals surface area contributed by atoms with Crippen molar-refractivity contribution in [1.29, 1.82) is 5.26 Å². The number of nitrogens with one attached hydrogen (secondary N) is 1. The molecular weight excluding hydrogens is 260 g/mol. The Bertz CT molecular complexity index is 591. The molecule has 0 aliphatic carbocycles. The SMILES string of the molecule is N#Cc1ccc(Cl)c(NC(=O)c2csnn2)c1. The van der Waals surface area contributed by atoms with Gasteiger partial charge in [0.25, 0.3) is 5.91 Å². The first kappa shape index (κ1) is 11.5. The zero-order valence-corrected chi connectivity index (χ0v) is 9.92. The number of rotatable bonds is 2. The quantitative estimate of drug-likeness (QED) is 0.903. The summed E-state index contributed by atoms with van der Waals surface area (Å²) in [4.78, 5) is 11.7. The Morgan fingerprint density at radius 3 is 3.00 bits per heavy atom. The highest BCUT2D eigenvalue weighted by Crippen LogP contribution is 2.23. The van der Waals surface area contributed by atoms with Crippen LogP contribution in [-0.2, 0) is 0 Å². The van der Waals surface area contributed by atoms with Crippen molar-refractivity contribution in [3.05, 3.63) is 39.9 Å². The summed E-state index contributed by atoms with van der Waals surface area (Å²) in [5.74, 6) is -0.407. The molecular formula is C10H5ClN4OS. The Labute approximate surface area is 106 Å². The Kier molecular flexibility index (Phi) is 3.32. The van der Waals surface area contributed by atoms with Crippen molar-refractivity contribution in [3.8, 4) is 6.07 Å². The molecule has 0 unspecified atom stereocenters. The molecule has 17 heavy (non-hydrogen) atoms. The van der Waals surface area contributed by atoms with Crippen LogP contribution in [0.2, 0.25) is 5.02 Å². The summed E-state index contributed by atoms with van der Waals surface area (Å²) < 4.78 is 3.59. The smallest absolute Gasteiger partial charge is 0.277 e. The van der Waals surface area contributed by atoms with E-state index in [-0.39, 0.29) is 5.69 Å². The van der Waals surface area contributed by atoms with E-state index in [0.717, 1.165) is 11.5 Å². The molecule has 0 saturated carbocycles. The lowest BCUT2D eigenvalue weighted by molar-refractivity contribution is 0.102. The van der Waals surface area contributed by atoms with Gasteiger partial charge in [-0.1, -0.05) is 16.1 Å². The van der Waals surface area contributed by atoms with Gasteiger partial charge in [-0.15, -0.1) is 5.10 Å². The zero-order chi connectivity index (χ0) is 12.3. The monoisotopic (exact) mass is 264 g/mol. The fourth-order valence-electron chi connectivity index (χ4n) is 1.14. The van der Waals surface area contributed by atoms with Crippen molar-refractivity contribution in [2.45, 2.75) is 0 Å². The molecule has 0 atom stereocenters. The van der Waals surface area contributed by atoms with Crippen LogP contribution in [0.4, 0.5) is 5.69 Å². The van der Waals surface area contributed by atoms with Gasteiger partial charge in [0.1, 0.15) is 0 Å². The second-order valence-electron chi connectivity index (χ2n) is 3.05. The lowest BCUT2D eigenvalue weighted by atomic mass is 10.2. The normalized spacial score (nSPS) is 9.65. The number of aromatic nitrogens is 2. The van der Waals surface area contributed by atoms with Crippen molar-refractivity contribution >= 4 is 34.7 Å². The minimum atomic E-state index is -0.407. The van der Waals surface area contributed by atoms with E-state index in [0.29, 0.717) is 16.3 Å². The lowest BCUT2D eigenvalue weighted by Gasteiger charge is -2.05. The lowest BCUT2D eigenvalue weighted by Crippen LogP contribution is -2.12. The molecule has 1 N–H and O–H groups in total. The van der Waals surface area contributed by atoms with Crippen LogP contribution in [0.15, 0.2) is 23.6 Å². The summed E-state index contributed by atoms with van der Waals surface area (Å²) >= 11 is 6.98. The van der Waals surface area contributed by atoms with Crippen LogP contribution < -0.4 is 5.32 Å². The number of carbonyl (C=O) groups is 1. The summed E-state index contributed by atoms with van der Waals surface area (Å²) in [6.45, 7) is 0. The number of halogens is 1. The van der Waals surface area contributed by atoms with E-state index in [9.17, 15) is 4.79 Å². The summed E-state index contributed by atoms with van der Waals surface area (Å²) in [5.41, 5.74) is 1.01. The average molecular weight is 265 g/mol. The van der Waals surface area contributed by atoms with Crippen molar-refractivity contribution in [2.75, 3.05) is 5.32 Å². The number of carbonyl (C=O) groups excluding carboxylic acids is 1. The number of hydrogen-bond donors (Lipinski definition) is 1. The van der Waals surface area contributed by atoms with Gasteiger partial charge in [0.05, 0.1) is 22.3 Å². The predicted molar refractivity (Wildman–Crippen MR) is 64.0 cm³/mol. The molecule has 2 rings (SSSR count). The van der Waals surface area contributed by atoms with Crippen molar-refractivity contribution in [3.63, 3.8) is 0 Å². The van der Waals surface area contributed by atoms with Crippen LogP contribution in [-0.4, -0.2) is 15.5 Å². The van der Waals surface area contributed by atoms with Gasteiger partial charge in [0.15, 0.2) is 5.69 Å². The van der Waals surface area contributed by atoms with Crippen molar-refractivity contribution in [2.24, 2.45) is 0 Å². The molecule has 0 aliphatic rings. The van der Waals surface area contributed by atoms with Crippen LogP contribution >= 0.6 is 23.1 Å². The van der Waals surface area contributed by atoms with Gasteiger partial charge >= 0.3 is 0 Å². The van der Waals surface area contributed by atoms with Crippen LogP contribution in [0.5, 0.6) is 0 Å². The standard InChI is InChI=1S/C10H5ClN4OS/c11-7-2-1-6(4-12)3-8(7)13-10(16)9-5-17-15-14-9/h1-3,5H,(H,13,16). The van der Waals surface area contributed by atoms with E-state index in [4.69, 9.17) is 16.9 Å². The maximum atomic E-state index is 11.7. The minimum absolute atomic E-state index is 0.216. The fourth-order valence-corrected chi connectivity index (χ4v) is 1.74. The number of benzene rings is 1. The summed E-state index contributed by atoms with van der Waals surface area (Å²) in [6, 6.07) is 6.59. The number of nitrogens with zero attached hydrogens (tertiary/aromatic N) is 3. The van der Waals surface area contributed by atoms with Gasteiger partial charge < -0.3 is 5.32 Å². The van der Waals surface area contributed by atoms with Gasteiger partial charge in [0, 0.05) is 5.38 Å². The predicted octanol–water partition coefficient (Wildman–Crippen LogP) is 2.32. The first-order valence-electron chi connectivity index (χ1n) is 4.49. The van der Waals surface area contributed by atoms with Crippen molar-refractivity contribution in [1.82, 2.24) is 9.59 Å². The first-order valence-corrected chi connectivity index (χ1v) is 5.70. The Morgan fingerprint density at radius 2 is 2.35 bits per heavy atom. The highest BCUT2D eigenvalue weighted by atomic mass is 35.5. The maximum absolute atomic E-state index is 11.7. The van der Waals surface area contributed by atoms with Gasteiger partial charge in [-0.2, -0.15) is 5.26 Å². The van der Waals surface area contributed by atoms with Gasteiger partial charge in [0.2, 0.25) is 0 Å². The molecule has 84 valence electrons. The van der Waals surface area contributed by atoms with Crippen LogP contribution in [0.3, 0.4) is 0 Å². The first-order chi connectivity index (χ1) is 8.20. The molecule has 0 radical (unpaired) electrons. The Hall–Kier alpha value is -1.97. The molecule has 1 aromatic heterocycles. The molecule has 2 aromatic rings. The maximum Gasteiger partial charge on any atom is 0.277 e. The van der Waals surface area contributed by atoms with E-state index < -0.39 is 5.91 Å². The second-order valence-corrected chi connectivity index (χ2v) is 4.07. The molecule has 0 fully saturated rings. The second kappa shape index (κ2) is 4.91. The van der Waals surface area contributed by atoms with Gasteiger partial charge in [-0.25, -0.2) is 0 Å². The number of anilines is 1. The third-order valence-corrected chi connectivity index (χ3v) is 2.77. The topological polar surface area (TPSA) is 78.7 Å². The number of nitriles is 1. The Morgan fingerprint density at radius 1 is 1.53 bits per heavy atom. The van der Waals surface area contributed by atoms with E-state index in [1.165, 1.54) is 11.4 Å². The van der Waals surface area contributed by atoms with Gasteiger partial charge in [-0.05, 0) is 29.7 Å². The van der Waals surface area contributed by atoms with E-state index in [1.54, 1.807) is 12.1 Å². The van der Waals surface area contributed by atoms with Crippen LogP contribution in [0.25, 0.3) is 0 Å².